The van der Waals surface area contributed by atoms with Crippen LogP contribution in [-0.4, -0.2) is 20.9 Å². The number of nitrogens with one attached hydrogen (secondary N) is 1. The van der Waals surface area contributed by atoms with Gasteiger partial charge in [0.15, 0.2) is 5.69 Å². The van der Waals surface area contributed by atoms with Crippen molar-refractivity contribution >= 4 is 11.6 Å². The lowest BCUT2D eigenvalue weighted by Gasteiger charge is -2.12. The molecule has 1 aromatic heterocycles. The third-order valence-electron chi connectivity index (χ3n) is 3.23. The van der Waals surface area contributed by atoms with Crippen LogP contribution in [0.1, 0.15) is 16.1 Å². The fourth-order valence-electron chi connectivity index (χ4n) is 2.10. The Bertz CT molecular complexity index is 859. The standard InChI is InChI=1S/C16H11F3N4O/c17-16(18,19)12-8-4-5-9-13(12)20-15(24)14-10-23(22-21-14)11-6-2-1-3-7-11/h1-10H,(H,20,24). The first kappa shape index (κ1) is 15.7. The molecule has 0 fully saturated rings. The quantitative estimate of drug-likeness (QED) is 0.798. The lowest BCUT2D eigenvalue weighted by molar-refractivity contribution is -0.136. The van der Waals surface area contributed by atoms with Gasteiger partial charge >= 0.3 is 6.18 Å². The summed E-state index contributed by atoms with van der Waals surface area (Å²) in [5.74, 6) is -0.770. The van der Waals surface area contributed by atoms with Crippen molar-refractivity contribution in [1.82, 2.24) is 15.0 Å². The van der Waals surface area contributed by atoms with Crippen molar-refractivity contribution in [3.05, 3.63) is 72.1 Å². The van der Waals surface area contributed by atoms with E-state index in [0.29, 0.717) is 5.69 Å². The van der Waals surface area contributed by atoms with E-state index >= 15 is 0 Å². The molecule has 122 valence electrons. The van der Waals surface area contributed by atoms with Gasteiger partial charge in [-0.2, -0.15) is 13.2 Å². The zero-order valence-electron chi connectivity index (χ0n) is 12.2. The highest BCUT2D eigenvalue weighted by atomic mass is 19.4. The van der Waals surface area contributed by atoms with Gasteiger partial charge in [0.2, 0.25) is 0 Å². The number of rotatable bonds is 3. The Morgan fingerprint density at radius 2 is 1.67 bits per heavy atom. The minimum atomic E-state index is -4.56. The maximum atomic E-state index is 12.9. The number of aromatic nitrogens is 3. The van der Waals surface area contributed by atoms with Crippen LogP contribution in [-0.2, 0) is 6.18 Å². The third kappa shape index (κ3) is 3.27. The average molecular weight is 332 g/mol. The van der Waals surface area contributed by atoms with Gasteiger partial charge in [0, 0.05) is 0 Å². The minimum absolute atomic E-state index is 0.0872. The largest absolute Gasteiger partial charge is 0.418 e. The Kier molecular flexibility index (Phi) is 4.03. The van der Waals surface area contributed by atoms with Crippen molar-refractivity contribution in [2.45, 2.75) is 6.18 Å². The van der Waals surface area contributed by atoms with Crippen molar-refractivity contribution in [2.24, 2.45) is 0 Å². The Balaban J connectivity index is 1.83. The summed E-state index contributed by atoms with van der Waals surface area (Å²) in [6.45, 7) is 0. The van der Waals surface area contributed by atoms with Crippen molar-refractivity contribution in [1.29, 1.82) is 0 Å². The van der Waals surface area contributed by atoms with Gasteiger partial charge in [-0.25, -0.2) is 4.68 Å². The molecular formula is C16H11F3N4O. The van der Waals surface area contributed by atoms with Crippen LogP contribution >= 0.6 is 0 Å². The van der Waals surface area contributed by atoms with Gasteiger partial charge in [-0.15, -0.1) is 5.10 Å². The highest BCUT2D eigenvalue weighted by molar-refractivity contribution is 6.03. The van der Waals surface area contributed by atoms with Crippen LogP contribution in [0, 0.1) is 0 Å². The van der Waals surface area contributed by atoms with Crippen LogP contribution in [0.5, 0.6) is 0 Å². The van der Waals surface area contributed by atoms with Crippen molar-refractivity contribution in [2.75, 3.05) is 5.32 Å². The number of benzene rings is 2. The van der Waals surface area contributed by atoms with Gasteiger partial charge in [-0.3, -0.25) is 4.79 Å². The van der Waals surface area contributed by atoms with Crippen LogP contribution in [0.4, 0.5) is 18.9 Å². The molecule has 0 radical (unpaired) electrons. The van der Waals surface area contributed by atoms with Gasteiger partial charge in [0.25, 0.3) is 5.91 Å². The minimum Gasteiger partial charge on any atom is -0.320 e. The second-order valence-electron chi connectivity index (χ2n) is 4.88. The molecule has 0 saturated heterocycles. The number of anilines is 1. The predicted octanol–water partition coefficient (Wildman–Crippen LogP) is 3.54. The van der Waals surface area contributed by atoms with Gasteiger partial charge < -0.3 is 5.32 Å². The fourth-order valence-corrected chi connectivity index (χ4v) is 2.10. The summed E-state index contributed by atoms with van der Waals surface area (Å²) in [6, 6.07) is 13.7. The Hall–Kier alpha value is -3.16. The van der Waals surface area contributed by atoms with Crippen LogP contribution in [0.25, 0.3) is 5.69 Å². The van der Waals surface area contributed by atoms with Crippen molar-refractivity contribution in [3.63, 3.8) is 0 Å². The van der Waals surface area contributed by atoms with Crippen LogP contribution in [0.2, 0.25) is 0 Å². The van der Waals surface area contributed by atoms with Crippen LogP contribution in [0.15, 0.2) is 60.8 Å². The zero-order chi connectivity index (χ0) is 17.2. The van der Waals surface area contributed by atoms with Crippen LogP contribution in [0.3, 0.4) is 0 Å². The van der Waals surface area contributed by atoms with Gasteiger partial charge in [0.05, 0.1) is 23.1 Å². The molecule has 8 heteroatoms. The maximum Gasteiger partial charge on any atom is 0.418 e. The molecule has 24 heavy (non-hydrogen) atoms. The van der Waals surface area contributed by atoms with E-state index in [1.807, 2.05) is 6.07 Å². The SMILES string of the molecule is O=C(Nc1ccccc1C(F)(F)F)c1cn(-c2ccccc2)nn1. The molecule has 3 rings (SSSR count). The summed E-state index contributed by atoms with van der Waals surface area (Å²) < 4.78 is 40.2. The highest BCUT2D eigenvalue weighted by Gasteiger charge is 2.33. The number of para-hydroxylation sites is 2. The Morgan fingerprint density at radius 3 is 2.38 bits per heavy atom. The summed E-state index contributed by atoms with van der Waals surface area (Å²) in [5.41, 5.74) is -0.659. The molecule has 5 nitrogen and oxygen atoms in total. The first-order chi connectivity index (χ1) is 11.4. The molecule has 0 spiro atoms. The molecule has 1 N–H and O–H groups in total. The first-order valence-corrected chi connectivity index (χ1v) is 6.90. The van der Waals surface area contributed by atoms with Crippen molar-refractivity contribution in [3.8, 4) is 5.69 Å². The number of amides is 1. The smallest absolute Gasteiger partial charge is 0.320 e. The monoisotopic (exact) mass is 332 g/mol. The van der Waals surface area contributed by atoms with E-state index in [9.17, 15) is 18.0 Å². The van der Waals surface area contributed by atoms with Gasteiger partial charge in [0.1, 0.15) is 0 Å². The van der Waals surface area contributed by atoms with Gasteiger partial charge in [-0.05, 0) is 24.3 Å². The molecule has 0 atom stereocenters. The molecule has 2 aromatic carbocycles. The molecule has 0 aliphatic heterocycles. The summed E-state index contributed by atoms with van der Waals surface area (Å²) in [6.07, 6.45) is -3.22. The molecule has 0 aliphatic rings. The summed E-state index contributed by atoms with van der Waals surface area (Å²) >= 11 is 0. The molecule has 1 heterocycles. The average Bonchev–Trinajstić information content (AvgIpc) is 3.05. The van der Waals surface area contributed by atoms with E-state index in [1.54, 1.807) is 24.3 Å². The number of halogens is 3. The molecule has 1 amide bonds. The fraction of sp³-hybridized carbons (Fsp3) is 0.0625. The lowest BCUT2D eigenvalue weighted by Crippen LogP contribution is -2.17. The van der Waals surface area contributed by atoms with E-state index in [2.05, 4.69) is 15.6 Å². The second-order valence-corrected chi connectivity index (χ2v) is 4.88. The number of hydrogen-bond donors (Lipinski definition) is 1. The highest BCUT2D eigenvalue weighted by Crippen LogP contribution is 2.34. The molecule has 0 saturated carbocycles. The maximum absolute atomic E-state index is 12.9. The van der Waals surface area contributed by atoms with E-state index in [1.165, 1.54) is 29.1 Å². The first-order valence-electron chi connectivity index (χ1n) is 6.90. The normalized spacial score (nSPS) is 11.3. The van der Waals surface area contributed by atoms with E-state index in [0.717, 1.165) is 6.07 Å². The molecule has 0 unspecified atom stereocenters. The number of alkyl halides is 3. The molecule has 3 aromatic rings. The van der Waals surface area contributed by atoms with Crippen molar-refractivity contribution < 1.29 is 18.0 Å². The lowest BCUT2D eigenvalue weighted by atomic mass is 10.1. The summed E-state index contributed by atoms with van der Waals surface area (Å²) in [5, 5.41) is 9.73. The number of carbonyl (C=O) groups excluding carboxylic acids is 1. The molecule has 0 aliphatic carbocycles. The van der Waals surface area contributed by atoms with E-state index < -0.39 is 17.6 Å². The Labute approximate surface area is 134 Å². The summed E-state index contributed by atoms with van der Waals surface area (Å²) in [4.78, 5) is 12.1. The second kappa shape index (κ2) is 6.15. The predicted molar refractivity (Wildman–Crippen MR) is 80.8 cm³/mol. The van der Waals surface area contributed by atoms with E-state index in [4.69, 9.17) is 0 Å². The molecule has 0 bridgehead atoms. The number of nitrogens with zero attached hydrogens (tertiary/aromatic N) is 3. The van der Waals surface area contributed by atoms with Crippen LogP contribution < -0.4 is 5.32 Å². The summed E-state index contributed by atoms with van der Waals surface area (Å²) in [7, 11) is 0. The zero-order valence-corrected chi connectivity index (χ0v) is 12.2. The third-order valence-corrected chi connectivity index (χ3v) is 3.23. The van der Waals surface area contributed by atoms with E-state index in [-0.39, 0.29) is 11.4 Å². The number of carbonyl (C=O) groups is 1. The van der Waals surface area contributed by atoms with Gasteiger partial charge in [-0.1, -0.05) is 35.5 Å². The topological polar surface area (TPSA) is 59.8 Å². The Morgan fingerprint density at radius 1 is 1.00 bits per heavy atom. The number of hydrogen-bond acceptors (Lipinski definition) is 3. The molecular weight excluding hydrogens is 321 g/mol.